The Bertz CT molecular complexity index is 769. The normalized spacial score (nSPS) is 25.8. The summed E-state index contributed by atoms with van der Waals surface area (Å²) in [5.41, 5.74) is 1.19. The van der Waals surface area contributed by atoms with Crippen molar-refractivity contribution in [3.8, 4) is 0 Å². The highest BCUT2D eigenvalue weighted by Crippen LogP contribution is 2.25. The Morgan fingerprint density at radius 3 is 2.76 bits per heavy atom. The number of hydrogen-bond donors (Lipinski definition) is 2. The molecule has 2 aromatic rings. The molecule has 1 amide bonds. The lowest BCUT2D eigenvalue weighted by molar-refractivity contribution is 0.000527. The number of aromatic nitrogens is 3. The van der Waals surface area contributed by atoms with Crippen LogP contribution in [0.25, 0.3) is 11.0 Å². The van der Waals surface area contributed by atoms with Crippen molar-refractivity contribution in [1.82, 2.24) is 30.1 Å². The minimum atomic E-state index is -0.816. The molecule has 0 bridgehead atoms. The van der Waals surface area contributed by atoms with Crippen LogP contribution in [0.3, 0.4) is 0 Å². The molecule has 2 fully saturated rings. The number of likely N-dealkylation sites (N-methyl/N-ethyl adjacent to an activating group) is 1. The average molecular weight is 344 g/mol. The molecule has 1 atom stereocenters. The van der Waals surface area contributed by atoms with E-state index in [-0.39, 0.29) is 5.91 Å². The number of hydrogen-bond acceptors (Lipinski definition) is 6. The van der Waals surface area contributed by atoms with Gasteiger partial charge in [-0.15, -0.1) is 0 Å². The Labute approximate surface area is 146 Å². The van der Waals surface area contributed by atoms with E-state index in [1.807, 2.05) is 0 Å². The fourth-order valence-electron chi connectivity index (χ4n) is 3.74. The third-order valence-electron chi connectivity index (χ3n) is 5.30. The van der Waals surface area contributed by atoms with Gasteiger partial charge >= 0.3 is 0 Å². The predicted octanol–water partition coefficient (Wildman–Crippen LogP) is -0.218. The molecule has 4 rings (SSSR count). The van der Waals surface area contributed by atoms with Gasteiger partial charge in [0.1, 0.15) is 11.0 Å². The first kappa shape index (κ1) is 16.4. The van der Waals surface area contributed by atoms with Gasteiger partial charge in [-0.05, 0) is 31.7 Å². The smallest absolute Gasteiger partial charge is 0.254 e. The highest BCUT2D eigenvalue weighted by molar-refractivity contribution is 5.97. The number of nitrogens with zero attached hydrogens (tertiary/aromatic N) is 5. The largest absolute Gasteiger partial charge is 0.387 e. The number of β-amino-alcohol motifs (C(OH)–C–C–N with tert-alkyl or cyclic N) is 1. The summed E-state index contributed by atoms with van der Waals surface area (Å²) in [6.45, 7) is 5.58. The molecule has 0 saturated carbocycles. The zero-order valence-electron chi connectivity index (χ0n) is 14.5. The third-order valence-corrected chi connectivity index (χ3v) is 5.30. The number of rotatable bonds is 3. The third kappa shape index (κ3) is 3.37. The van der Waals surface area contributed by atoms with E-state index in [1.54, 1.807) is 23.1 Å². The van der Waals surface area contributed by atoms with E-state index in [0.29, 0.717) is 37.1 Å². The molecular formula is C17H24N6O2. The van der Waals surface area contributed by atoms with Gasteiger partial charge < -0.3 is 14.9 Å². The average Bonchev–Trinajstić information content (AvgIpc) is 3.22. The van der Waals surface area contributed by atoms with Crippen molar-refractivity contribution in [1.29, 1.82) is 0 Å². The molecule has 0 radical (unpaired) electrons. The van der Waals surface area contributed by atoms with Crippen molar-refractivity contribution >= 4 is 16.9 Å². The van der Waals surface area contributed by atoms with E-state index >= 15 is 0 Å². The van der Waals surface area contributed by atoms with E-state index in [4.69, 9.17) is 0 Å². The number of amides is 1. The molecule has 1 aromatic carbocycles. The van der Waals surface area contributed by atoms with Gasteiger partial charge in [-0.1, -0.05) is 0 Å². The summed E-state index contributed by atoms with van der Waals surface area (Å²) in [5.74, 6) is -0.0563. The molecule has 2 aliphatic rings. The van der Waals surface area contributed by atoms with Gasteiger partial charge in [0.25, 0.3) is 5.91 Å². The van der Waals surface area contributed by atoms with Crippen LogP contribution in [0.4, 0.5) is 0 Å². The monoisotopic (exact) mass is 344 g/mol. The molecule has 3 heterocycles. The highest BCUT2D eigenvalue weighted by atomic mass is 16.3. The number of benzene rings is 1. The second-order valence-corrected chi connectivity index (χ2v) is 7.31. The summed E-state index contributed by atoms with van der Waals surface area (Å²) in [6, 6.07) is 5.31. The molecule has 0 unspecified atom stereocenters. The number of fused-ring (bicyclic) bond motifs is 1. The lowest BCUT2D eigenvalue weighted by Gasteiger charge is -2.36. The second-order valence-electron chi connectivity index (χ2n) is 7.31. The summed E-state index contributed by atoms with van der Waals surface area (Å²) in [7, 11) is 2.12. The molecule has 25 heavy (non-hydrogen) atoms. The Morgan fingerprint density at radius 1 is 1.20 bits per heavy atom. The van der Waals surface area contributed by atoms with Crippen LogP contribution in [-0.2, 0) is 0 Å². The van der Waals surface area contributed by atoms with Crippen molar-refractivity contribution < 1.29 is 9.90 Å². The maximum Gasteiger partial charge on any atom is 0.254 e. The summed E-state index contributed by atoms with van der Waals surface area (Å²) < 4.78 is 0. The molecule has 2 N–H and O–H groups in total. The Hall–Kier alpha value is -2.03. The Kier molecular flexibility index (Phi) is 4.18. The standard InChI is InChI=1S/C17H24N6O2/c1-21-6-8-22(9-7-21)11-17(25)4-5-23(12-17)16(24)13-2-3-14-15(10-13)19-20-18-14/h2-3,10,25H,4-9,11-12H2,1H3,(H,18,19,20)/t17-/m0/s1. The lowest BCUT2D eigenvalue weighted by Crippen LogP contribution is -2.52. The van der Waals surface area contributed by atoms with E-state index < -0.39 is 5.60 Å². The number of carbonyl (C=O) groups excluding carboxylic acids is 1. The van der Waals surface area contributed by atoms with Gasteiger partial charge in [-0.3, -0.25) is 9.69 Å². The number of piperazine rings is 1. The lowest BCUT2D eigenvalue weighted by atomic mass is 10.0. The number of H-pyrrole nitrogens is 1. The maximum absolute atomic E-state index is 12.8. The minimum Gasteiger partial charge on any atom is -0.387 e. The van der Waals surface area contributed by atoms with Crippen LogP contribution in [0.2, 0.25) is 0 Å². The summed E-state index contributed by atoms with van der Waals surface area (Å²) in [6.07, 6.45) is 0.622. The zero-order chi connectivity index (χ0) is 17.4. The number of aromatic amines is 1. The summed E-state index contributed by atoms with van der Waals surface area (Å²) in [5, 5.41) is 21.5. The molecular weight excluding hydrogens is 320 g/mol. The van der Waals surface area contributed by atoms with Crippen molar-refractivity contribution in [3.63, 3.8) is 0 Å². The van der Waals surface area contributed by atoms with E-state index in [9.17, 15) is 9.90 Å². The van der Waals surface area contributed by atoms with E-state index in [1.165, 1.54) is 0 Å². The predicted molar refractivity (Wildman–Crippen MR) is 93.3 cm³/mol. The van der Waals surface area contributed by atoms with Gasteiger partial charge in [0.15, 0.2) is 0 Å². The fraction of sp³-hybridized carbons (Fsp3) is 0.588. The molecule has 2 saturated heterocycles. The van der Waals surface area contributed by atoms with Crippen molar-refractivity contribution in [2.24, 2.45) is 0 Å². The molecule has 8 heteroatoms. The van der Waals surface area contributed by atoms with E-state index in [0.717, 1.165) is 31.7 Å². The molecule has 0 spiro atoms. The van der Waals surface area contributed by atoms with Crippen molar-refractivity contribution in [3.05, 3.63) is 23.8 Å². The van der Waals surface area contributed by atoms with Crippen LogP contribution >= 0.6 is 0 Å². The Balaban J connectivity index is 1.41. The van der Waals surface area contributed by atoms with Crippen LogP contribution in [0.1, 0.15) is 16.8 Å². The number of aliphatic hydroxyl groups is 1. The molecule has 0 aliphatic carbocycles. The zero-order valence-corrected chi connectivity index (χ0v) is 14.5. The van der Waals surface area contributed by atoms with Gasteiger partial charge in [-0.2, -0.15) is 15.4 Å². The highest BCUT2D eigenvalue weighted by Gasteiger charge is 2.40. The quantitative estimate of drug-likeness (QED) is 0.800. The fourth-order valence-corrected chi connectivity index (χ4v) is 3.74. The summed E-state index contributed by atoms with van der Waals surface area (Å²) >= 11 is 0. The SMILES string of the molecule is CN1CCN(C[C@@]2(O)CCN(C(=O)c3ccc4n[nH]nc4c3)C2)CC1. The van der Waals surface area contributed by atoms with Crippen molar-refractivity contribution in [2.45, 2.75) is 12.0 Å². The molecule has 1 aromatic heterocycles. The van der Waals surface area contributed by atoms with Gasteiger partial charge in [0.2, 0.25) is 0 Å². The van der Waals surface area contributed by atoms with Crippen LogP contribution < -0.4 is 0 Å². The van der Waals surface area contributed by atoms with Gasteiger partial charge in [0, 0.05) is 44.8 Å². The molecule has 2 aliphatic heterocycles. The minimum absolute atomic E-state index is 0.0563. The first-order valence-corrected chi connectivity index (χ1v) is 8.76. The Morgan fingerprint density at radius 2 is 1.96 bits per heavy atom. The van der Waals surface area contributed by atoms with Gasteiger partial charge in [0.05, 0.1) is 12.1 Å². The second kappa shape index (κ2) is 6.36. The molecule has 8 nitrogen and oxygen atoms in total. The topological polar surface area (TPSA) is 88.6 Å². The van der Waals surface area contributed by atoms with Crippen LogP contribution in [0, 0.1) is 0 Å². The van der Waals surface area contributed by atoms with Crippen LogP contribution in [0.5, 0.6) is 0 Å². The molecule has 134 valence electrons. The summed E-state index contributed by atoms with van der Waals surface area (Å²) in [4.78, 5) is 19.1. The van der Waals surface area contributed by atoms with E-state index in [2.05, 4.69) is 32.3 Å². The first-order chi connectivity index (χ1) is 12.0. The number of nitrogens with one attached hydrogen (secondary N) is 1. The van der Waals surface area contributed by atoms with Gasteiger partial charge in [-0.25, -0.2) is 0 Å². The maximum atomic E-state index is 12.8. The first-order valence-electron chi connectivity index (χ1n) is 8.76. The van der Waals surface area contributed by atoms with Crippen LogP contribution in [0.15, 0.2) is 18.2 Å². The van der Waals surface area contributed by atoms with Crippen molar-refractivity contribution in [2.75, 3.05) is 52.9 Å². The number of likely N-dealkylation sites (tertiary alicyclic amines) is 1. The van der Waals surface area contributed by atoms with Crippen LogP contribution in [-0.4, -0.2) is 99.6 Å². The number of carbonyl (C=O) groups is 1.